The van der Waals surface area contributed by atoms with Crippen LogP contribution in [0.1, 0.15) is 39.0 Å². The lowest BCUT2D eigenvalue weighted by Crippen LogP contribution is -2.41. The molecule has 0 aliphatic heterocycles. The van der Waals surface area contributed by atoms with Crippen molar-refractivity contribution in [3.05, 3.63) is 41.6 Å². The summed E-state index contributed by atoms with van der Waals surface area (Å²) in [7, 11) is 0. The van der Waals surface area contributed by atoms with Gasteiger partial charge in [0.1, 0.15) is 0 Å². The first-order valence-corrected chi connectivity index (χ1v) is 7.50. The molecular weight excluding hydrogens is 244 g/mol. The molecule has 20 heavy (non-hydrogen) atoms. The molecule has 0 fully saturated rings. The number of nitrogens with one attached hydrogen (secondary N) is 1. The van der Waals surface area contributed by atoms with Gasteiger partial charge < -0.3 is 5.32 Å². The summed E-state index contributed by atoms with van der Waals surface area (Å²) in [6.07, 6.45) is 1.04. The molecule has 0 spiro atoms. The van der Waals surface area contributed by atoms with Crippen LogP contribution in [0.5, 0.6) is 0 Å². The summed E-state index contributed by atoms with van der Waals surface area (Å²) in [6, 6.07) is 11.1. The van der Waals surface area contributed by atoms with Crippen LogP contribution in [0.25, 0.3) is 10.9 Å². The van der Waals surface area contributed by atoms with E-state index in [2.05, 4.69) is 75.3 Å². The molecule has 0 amide bonds. The molecule has 1 aromatic heterocycles. The van der Waals surface area contributed by atoms with Crippen molar-refractivity contribution in [3.8, 4) is 0 Å². The fourth-order valence-corrected chi connectivity index (χ4v) is 2.71. The summed E-state index contributed by atoms with van der Waals surface area (Å²) in [5.41, 5.74) is 3.84. The smallest absolute Gasteiger partial charge is 0.0707 e. The van der Waals surface area contributed by atoms with Gasteiger partial charge >= 0.3 is 0 Å². The predicted octanol–water partition coefficient (Wildman–Crippen LogP) is 4.11. The highest BCUT2D eigenvalue weighted by atomic mass is 14.9. The fourth-order valence-electron chi connectivity index (χ4n) is 2.71. The van der Waals surface area contributed by atoms with Crippen molar-refractivity contribution in [1.82, 2.24) is 10.3 Å². The molecule has 1 atom stereocenters. The summed E-state index contributed by atoms with van der Waals surface area (Å²) in [5.74, 6) is 0. The van der Waals surface area contributed by atoms with Crippen LogP contribution in [0.15, 0.2) is 30.3 Å². The highest BCUT2D eigenvalue weighted by Gasteiger charge is 2.24. The normalized spacial score (nSPS) is 13.7. The molecule has 0 radical (unpaired) electrons. The molecule has 0 saturated heterocycles. The van der Waals surface area contributed by atoms with Gasteiger partial charge in [-0.05, 0) is 43.0 Å². The topological polar surface area (TPSA) is 24.9 Å². The molecule has 1 N–H and O–H groups in total. The van der Waals surface area contributed by atoms with Gasteiger partial charge in [0.2, 0.25) is 0 Å². The molecule has 0 bridgehead atoms. The predicted molar refractivity (Wildman–Crippen MR) is 87.1 cm³/mol. The zero-order chi connectivity index (χ0) is 14.8. The van der Waals surface area contributed by atoms with Gasteiger partial charge in [-0.15, -0.1) is 0 Å². The summed E-state index contributed by atoms with van der Waals surface area (Å²) < 4.78 is 0. The number of pyridine rings is 1. The monoisotopic (exact) mass is 270 g/mol. The Morgan fingerprint density at radius 1 is 1.20 bits per heavy atom. The Morgan fingerprint density at radius 2 is 1.90 bits per heavy atom. The minimum atomic E-state index is 0.244. The van der Waals surface area contributed by atoms with E-state index in [1.807, 2.05) is 0 Å². The Hall–Kier alpha value is -1.41. The van der Waals surface area contributed by atoms with Gasteiger partial charge in [0.05, 0.1) is 5.52 Å². The number of aromatic nitrogens is 1. The number of fused-ring (bicyclic) bond motifs is 1. The largest absolute Gasteiger partial charge is 0.313 e. The van der Waals surface area contributed by atoms with Crippen molar-refractivity contribution in [2.24, 2.45) is 5.41 Å². The van der Waals surface area contributed by atoms with E-state index in [0.717, 1.165) is 24.2 Å². The maximum absolute atomic E-state index is 4.63. The van der Waals surface area contributed by atoms with Crippen molar-refractivity contribution >= 4 is 10.9 Å². The maximum Gasteiger partial charge on any atom is 0.0707 e. The average Bonchev–Trinajstić information content (AvgIpc) is 2.37. The minimum absolute atomic E-state index is 0.244. The van der Waals surface area contributed by atoms with Crippen LogP contribution >= 0.6 is 0 Å². The number of hydrogen-bond donors (Lipinski definition) is 1. The van der Waals surface area contributed by atoms with E-state index < -0.39 is 0 Å². The number of aryl methyl sites for hydroxylation is 1. The standard InChI is InChI=1S/C18H26N2/c1-6-19-17(18(3,4)5)12-14-11-13(2)20-16-10-8-7-9-15(14)16/h7-11,17,19H,6,12H2,1-5H3. The Labute approximate surface area is 122 Å². The van der Waals surface area contributed by atoms with Crippen molar-refractivity contribution in [2.45, 2.75) is 47.1 Å². The Morgan fingerprint density at radius 3 is 2.55 bits per heavy atom. The number of rotatable bonds is 4. The third kappa shape index (κ3) is 3.37. The quantitative estimate of drug-likeness (QED) is 0.904. The summed E-state index contributed by atoms with van der Waals surface area (Å²) in [4.78, 5) is 4.63. The molecule has 0 aliphatic carbocycles. The molecule has 2 rings (SSSR count). The molecule has 2 heteroatoms. The van der Waals surface area contributed by atoms with E-state index in [-0.39, 0.29) is 5.41 Å². The first-order chi connectivity index (χ1) is 9.41. The molecular formula is C18H26N2. The summed E-state index contributed by atoms with van der Waals surface area (Å²) >= 11 is 0. The van der Waals surface area contributed by atoms with Crippen molar-refractivity contribution in [1.29, 1.82) is 0 Å². The second-order valence-corrected chi connectivity index (χ2v) is 6.62. The summed E-state index contributed by atoms with van der Waals surface area (Å²) in [6.45, 7) is 12.2. The summed E-state index contributed by atoms with van der Waals surface area (Å²) in [5, 5.41) is 4.92. The van der Waals surface area contributed by atoms with Gasteiger partial charge in [0.25, 0.3) is 0 Å². The van der Waals surface area contributed by atoms with Crippen LogP contribution in [0.2, 0.25) is 0 Å². The Balaban J connectivity index is 2.41. The number of nitrogens with zero attached hydrogens (tertiary/aromatic N) is 1. The average molecular weight is 270 g/mol. The van der Waals surface area contributed by atoms with E-state index in [1.165, 1.54) is 10.9 Å². The lowest BCUT2D eigenvalue weighted by atomic mass is 9.82. The number of para-hydroxylation sites is 1. The van der Waals surface area contributed by atoms with Gasteiger partial charge in [-0.3, -0.25) is 4.98 Å². The molecule has 0 saturated carbocycles. The fraction of sp³-hybridized carbons (Fsp3) is 0.500. The molecule has 2 nitrogen and oxygen atoms in total. The second-order valence-electron chi connectivity index (χ2n) is 6.62. The number of likely N-dealkylation sites (N-methyl/N-ethyl adjacent to an activating group) is 1. The van der Waals surface area contributed by atoms with Crippen LogP contribution < -0.4 is 5.32 Å². The molecule has 1 heterocycles. The third-order valence-electron chi connectivity index (χ3n) is 3.85. The van der Waals surface area contributed by atoms with Gasteiger partial charge in [-0.2, -0.15) is 0 Å². The van der Waals surface area contributed by atoms with E-state index >= 15 is 0 Å². The minimum Gasteiger partial charge on any atom is -0.313 e. The second kappa shape index (κ2) is 5.92. The van der Waals surface area contributed by atoms with E-state index in [1.54, 1.807) is 0 Å². The Kier molecular flexibility index (Phi) is 4.44. The highest BCUT2D eigenvalue weighted by Crippen LogP contribution is 2.26. The molecule has 108 valence electrons. The number of benzene rings is 1. The van der Waals surface area contributed by atoms with E-state index in [0.29, 0.717) is 6.04 Å². The zero-order valence-electron chi connectivity index (χ0n) is 13.3. The van der Waals surface area contributed by atoms with Crippen molar-refractivity contribution in [2.75, 3.05) is 6.54 Å². The van der Waals surface area contributed by atoms with Crippen LogP contribution in [-0.4, -0.2) is 17.6 Å². The van der Waals surface area contributed by atoms with E-state index in [9.17, 15) is 0 Å². The van der Waals surface area contributed by atoms with Crippen LogP contribution in [0, 0.1) is 12.3 Å². The molecule has 1 aromatic carbocycles. The maximum atomic E-state index is 4.63. The highest BCUT2D eigenvalue weighted by molar-refractivity contribution is 5.82. The van der Waals surface area contributed by atoms with Crippen molar-refractivity contribution in [3.63, 3.8) is 0 Å². The van der Waals surface area contributed by atoms with Gasteiger partial charge in [-0.1, -0.05) is 45.9 Å². The Bertz CT molecular complexity index is 581. The first-order valence-electron chi connectivity index (χ1n) is 7.50. The first kappa shape index (κ1) is 15.0. The van der Waals surface area contributed by atoms with Crippen LogP contribution in [0.4, 0.5) is 0 Å². The van der Waals surface area contributed by atoms with Crippen molar-refractivity contribution < 1.29 is 0 Å². The molecule has 2 aromatic rings. The lowest BCUT2D eigenvalue weighted by molar-refractivity contribution is 0.270. The van der Waals surface area contributed by atoms with Crippen LogP contribution in [-0.2, 0) is 6.42 Å². The lowest BCUT2D eigenvalue weighted by Gasteiger charge is -2.32. The third-order valence-corrected chi connectivity index (χ3v) is 3.85. The van der Waals surface area contributed by atoms with Gasteiger partial charge in [-0.25, -0.2) is 0 Å². The van der Waals surface area contributed by atoms with E-state index in [4.69, 9.17) is 0 Å². The zero-order valence-corrected chi connectivity index (χ0v) is 13.3. The van der Waals surface area contributed by atoms with Gasteiger partial charge in [0, 0.05) is 17.1 Å². The molecule has 0 aliphatic rings. The molecule has 1 unspecified atom stereocenters. The van der Waals surface area contributed by atoms with Gasteiger partial charge in [0.15, 0.2) is 0 Å². The SMILES string of the molecule is CCNC(Cc1cc(C)nc2ccccc12)C(C)(C)C. The number of hydrogen-bond acceptors (Lipinski definition) is 2. The van der Waals surface area contributed by atoms with Crippen LogP contribution in [0.3, 0.4) is 0 Å².